The Bertz CT molecular complexity index is 543. The second-order valence-electron chi connectivity index (χ2n) is 3.29. The summed E-state index contributed by atoms with van der Waals surface area (Å²) in [5.74, 6) is 0.164. The lowest BCUT2D eigenvalue weighted by atomic mass is 10.1. The summed E-state index contributed by atoms with van der Waals surface area (Å²) in [6, 6.07) is 7.33. The summed E-state index contributed by atoms with van der Waals surface area (Å²) in [6.45, 7) is 0. The Morgan fingerprint density at radius 1 is 1.06 bits per heavy atom. The molecular formula is C11H9ClFN3. The number of nitrogens with two attached hydrogens (primary N) is 2. The van der Waals surface area contributed by atoms with Crippen molar-refractivity contribution in [2.24, 2.45) is 0 Å². The molecule has 0 aliphatic rings. The fourth-order valence-electron chi connectivity index (χ4n) is 1.42. The number of nitrogens with zero attached hydrogens (tertiary/aromatic N) is 1. The largest absolute Gasteiger partial charge is 0.384 e. The molecular weight excluding hydrogens is 229 g/mol. The molecule has 0 saturated carbocycles. The molecule has 0 aliphatic carbocycles. The monoisotopic (exact) mass is 237 g/mol. The Kier molecular flexibility index (Phi) is 2.66. The van der Waals surface area contributed by atoms with Crippen molar-refractivity contribution in [3.63, 3.8) is 0 Å². The molecule has 0 atom stereocenters. The molecule has 5 heteroatoms. The van der Waals surface area contributed by atoms with Gasteiger partial charge in [-0.2, -0.15) is 0 Å². The van der Waals surface area contributed by atoms with Crippen molar-refractivity contribution in [3.8, 4) is 11.1 Å². The number of hydrogen-bond donors (Lipinski definition) is 2. The van der Waals surface area contributed by atoms with Crippen LogP contribution in [0.1, 0.15) is 0 Å². The molecule has 0 aliphatic heterocycles. The highest BCUT2D eigenvalue weighted by Crippen LogP contribution is 2.32. The second kappa shape index (κ2) is 3.98. The topological polar surface area (TPSA) is 64.9 Å². The summed E-state index contributed by atoms with van der Waals surface area (Å²) in [5.41, 5.74) is 12.2. The van der Waals surface area contributed by atoms with Gasteiger partial charge in [-0.05, 0) is 30.3 Å². The van der Waals surface area contributed by atoms with E-state index in [9.17, 15) is 4.39 Å². The maximum absolute atomic E-state index is 13.1. The van der Waals surface area contributed by atoms with E-state index in [1.165, 1.54) is 18.2 Å². The predicted molar refractivity (Wildman–Crippen MR) is 63.5 cm³/mol. The van der Waals surface area contributed by atoms with Gasteiger partial charge in [0.05, 0.1) is 0 Å². The Balaban J connectivity index is 2.62. The van der Waals surface area contributed by atoms with Gasteiger partial charge in [0.2, 0.25) is 0 Å². The van der Waals surface area contributed by atoms with Crippen molar-refractivity contribution in [2.45, 2.75) is 0 Å². The number of benzene rings is 1. The van der Waals surface area contributed by atoms with Crippen molar-refractivity contribution < 1.29 is 4.39 Å². The van der Waals surface area contributed by atoms with Crippen LogP contribution in [0.3, 0.4) is 0 Å². The molecule has 1 heterocycles. The van der Waals surface area contributed by atoms with Gasteiger partial charge < -0.3 is 11.5 Å². The number of rotatable bonds is 1. The number of hydrogen-bond acceptors (Lipinski definition) is 3. The van der Waals surface area contributed by atoms with Gasteiger partial charge in [0.25, 0.3) is 0 Å². The predicted octanol–water partition coefficient (Wildman–Crippen LogP) is 2.71. The van der Waals surface area contributed by atoms with Crippen molar-refractivity contribution in [2.75, 3.05) is 11.5 Å². The van der Waals surface area contributed by atoms with Gasteiger partial charge in [0.1, 0.15) is 17.5 Å². The van der Waals surface area contributed by atoms with Crippen LogP contribution in [0.2, 0.25) is 5.02 Å². The molecule has 0 bridgehead atoms. The fourth-order valence-corrected chi connectivity index (χ4v) is 1.64. The van der Waals surface area contributed by atoms with Gasteiger partial charge in [-0.25, -0.2) is 9.37 Å². The van der Waals surface area contributed by atoms with Crippen LogP contribution < -0.4 is 11.5 Å². The maximum Gasteiger partial charge on any atom is 0.133 e. The quantitative estimate of drug-likeness (QED) is 0.802. The van der Waals surface area contributed by atoms with Gasteiger partial charge in [-0.1, -0.05) is 11.6 Å². The fraction of sp³-hybridized carbons (Fsp3) is 0. The summed E-state index contributed by atoms with van der Waals surface area (Å²) < 4.78 is 13.1. The van der Waals surface area contributed by atoms with Crippen molar-refractivity contribution in [1.82, 2.24) is 4.98 Å². The Morgan fingerprint density at radius 2 is 1.81 bits per heavy atom. The summed E-state index contributed by atoms with van der Waals surface area (Å²) in [6.07, 6.45) is 0. The molecule has 0 amide bonds. The van der Waals surface area contributed by atoms with E-state index < -0.39 is 0 Å². The second-order valence-corrected chi connectivity index (χ2v) is 3.70. The van der Waals surface area contributed by atoms with Crippen LogP contribution in [0.15, 0.2) is 30.3 Å². The Morgan fingerprint density at radius 3 is 2.50 bits per heavy atom. The SMILES string of the molecule is Nc1ccc(-c2cc(F)ccc2Cl)c(N)n1. The summed E-state index contributed by atoms with van der Waals surface area (Å²) >= 11 is 5.96. The lowest BCUT2D eigenvalue weighted by molar-refractivity contribution is 0.628. The van der Waals surface area contributed by atoms with Crippen LogP contribution in [0.25, 0.3) is 11.1 Å². The van der Waals surface area contributed by atoms with Gasteiger partial charge in [0.15, 0.2) is 0 Å². The number of aromatic nitrogens is 1. The molecule has 0 spiro atoms. The molecule has 2 rings (SSSR count). The van der Waals surface area contributed by atoms with Gasteiger partial charge in [0, 0.05) is 16.1 Å². The molecule has 1 aromatic heterocycles. The average Bonchev–Trinajstić information content (AvgIpc) is 2.22. The zero-order valence-electron chi connectivity index (χ0n) is 8.24. The van der Waals surface area contributed by atoms with Crippen LogP contribution in [-0.2, 0) is 0 Å². The third-order valence-corrected chi connectivity index (χ3v) is 2.49. The van der Waals surface area contributed by atoms with E-state index in [0.717, 1.165) is 0 Å². The molecule has 82 valence electrons. The molecule has 3 nitrogen and oxygen atoms in total. The minimum Gasteiger partial charge on any atom is -0.384 e. The minimum absolute atomic E-state index is 0.229. The van der Waals surface area contributed by atoms with E-state index in [-0.39, 0.29) is 11.6 Å². The van der Waals surface area contributed by atoms with E-state index in [1.54, 1.807) is 12.1 Å². The molecule has 1 aromatic carbocycles. The van der Waals surface area contributed by atoms with Crippen molar-refractivity contribution >= 4 is 23.2 Å². The standard InChI is InChI=1S/C11H9ClFN3/c12-9-3-1-6(13)5-8(9)7-2-4-10(14)16-11(7)15/h1-5H,(H4,14,15,16). The van der Waals surface area contributed by atoms with E-state index in [1.807, 2.05) is 0 Å². The van der Waals surface area contributed by atoms with Crippen LogP contribution in [-0.4, -0.2) is 4.98 Å². The molecule has 0 radical (unpaired) electrons. The third kappa shape index (κ3) is 1.92. The Labute approximate surface area is 96.9 Å². The van der Waals surface area contributed by atoms with E-state index >= 15 is 0 Å². The van der Waals surface area contributed by atoms with Gasteiger partial charge >= 0.3 is 0 Å². The molecule has 4 N–H and O–H groups in total. The van der Waals surface area contributed by atoms with Crippen LogP contribution in [0.5, 0.6) is 0 Å². The number of halogens is 2. The first-order valence-electron chi connectivity index (χ1n) is 4.55. The maximum atomic E-state index is 13.1. The normalized spacial score (nSPS) is 10.4. The first kappa shape index (κ1) is 10.7. The first-order valence-corrected chi connectivity index (χ1v) is 4.93. The smallest absolute Gasteiger partial charge is 0.133 e. The van der Waals surface area contributed by atoms with Crippen molar-refractivity contribution in [1.29, 1.82) is 0 Å². The zero-order chi connectivity index (χ0) is 11.7. The number of nitrogen functional groups attached to an aromatic ring is 2. The summed E-state index contributed by atoms with van der Waals surface area (Å²) in [4.78, 5) is 3.90. The van der Waals surface area contributed by atoms with Gasteiger partial charge in [-0.15, -0.1) is 0 Å². The van der Waals surface area contributed by atoms with Crippen LogP contribution in [0.4, 0.5) is 16.0 Å². The zero-order valence-corrected chi connectivity index (χ0v) is 9.00. The third-order valence-electron chi connectivity index (χ3n) is 2.16. The molecule has 16 heavy (non-hydrogen) atoms. The van der Waals surface area contributed by atoms with Crippen LogP contribution in [0, 0.1) is 5.82 Å². The lowest BCUT2D eigenvalue weighted by Crippen LogP contribution is -1.98. The van der Waals surface area contributed by atoms with E-state index in [4.69, 9.17) is 23.1 Å². The highest BCUT2D eigenvalue weighted by molar-refractivity contribution is 6.33. The molecule has 0 fully saturated rings. The minimum atomic E-state index is -0.379. The molecule has 0 saturated heterocycles. The molecule has 2 aromatic rings. The van der Waals surface area contributed by atoms with E-state index in [0.29, 0.717) is 22.0 Å². The summed E-state index contributed by atoms with van der Waals surface area (Å²) in [5, 5.41) is 0.416. The number of pyridine rings is 1. The van der Waals surface area contributed by atoms with Crippen molar-refractivity contribution in [3.05, 3.63) is 41.2 Å². The van der Waals surface area contributed by atoms with Crippen LogP contribution >= 0.6 is 11.6 Å². The highest BCUT2D eigenvalue weighted by atomic mass is 35.5. The van der Waals surface area contributed by atoms with E-state index in [2.05, 4.69) is 4.98 Å². The number of anilines is 2. The first-order chi connectivity index (χ1) is 7.58. The average molecular weight is 238 g/mol. The lowest BCUT2D eigenvalue weighted by Gasteiger charge is -2.07. The summed E-state index contributed by atoms with van der Waals surface area (Å²) in [7, 11) is 0. The highest BCUT2D eigenvalue weighted by Gasteiger charge is 2.09. The molecule has 0 unspecified atom stereocenters. The van der Waals surface area contributed by atoms with Gasteiger partial charge in [-0.3, -0.25) is 0 Å². The Hall–Kier alpha value is -1.81.